The zero-order chi connectivity index (χ0) is 13.7. The SMILES string of the molecule is O=C(CC1(C(=O)O)CCCCC1)N1CCCSCC1. The molecule has 0 bridgehead atoms. The number of amides is 1. The predicted octanol–water partition coefficient (Wildman–Crippen LogP) is 2.38. The number of nitrogens with zero attached hydrogens (tertiary/aromatic N) is 1. The molecule has 0 unspecified atom stereocenters. The summed E-state index contributed by atoms with van der Waals surface area (Å²) < 4.78 is 0. The summed E-state index contributed by atoms with van der Waals surface area (Å²) in [5, 5.41) is 9.52. The van der Waals surface area contributed by atoms with Gasteiger partial charge in [0.1, 0.15) is 0 Å². The van der Waals surface area contributed by atoms with E-state index in [-0.39, 0.29) is 12.3 Å². The van der Waals surface area contributed by atoms with Crippen LogP contribution >= 0.6 is 11.8 Å². The van der Waals surface area contributed by atoms with Crippen molar-refractivity contribution in [2.45, 2.75) is 44.9 Å². The normalized spacial score (nSPS) is 23.7. The van der Waals surface area contributed by atoms with Crippen LogP contribution in [-0.4, -0.2) is 46.5 Å². The van der Waals surface area contributed by atoms with Crippen LogP contribution in [0.25, 0.3) is 0 Å². The largest absolute Gasteiger partial charge is 0.481 e. The third kappa shape index (κ3) is 3.65. The minimum Gasteiger partial charge on any atom is -0.481 e. The van der Waals surface area contributed by atoms with Crippen molar-refractivity contribution in [3.05, 3.63) is 0 Å². The molecule has 0 atom stereocenters. The van der Waals surface area contributed by atoms with Gasteiger partial charge in [-0.2, -0.15) is 11.8 Å². The van der Waals surface area contributed by atoms with Gasteiger partial charge in [-0.1, -0.05) is 19.3 Å². The summed E-state index contributed by atoms with van der Waals surface area (Å²) in [4.78, 5) is 25.8. The molecule has 4 nitrogen and oxygen atoms in total. The van der Waals surface area contributed by atoms with E-state index in [4.69, 9.17) is 0 Å². The minimum absolute atomic E-state index is 0.0480. The van der Waals surface area contributed by atoms with E-state index in [0.717, 1.165) is 50.3 Å². The highest BCUT2D eigenvalue weighted by atomic mass is 32.2. The quantitative estimate of drug-likeness (QED) is 0.865. The third-order valence-corrected chi connectivity index (χ3v) is 5.38. The predicted molar refractivity (Wildman–Crippen MR) is 76.3 cm³/mol. The van der Waals surface area contributed by atoms with Crippen LogP contribution in [0.2, 0.25) is 0 Å². The number of hydrogen-bond acceptors (Lipinski definition) is 3. The van der Waals surface area contributed by atoms with Gasteiger partial charge < -0.3 is 10.0 Å². The molecule has 1 aliphatic heterocycles. The van der Waals surface area contributed by atoms with E-state index in [1.807, 2.05) is 16.7 Å². The lowest BCUT2D eigenvalue weighted by Crippen LogP contribution is -2.41. The molecular weight excluding hydrogens is 262 g/mol. The first-order chi connectivity index (χ1) is 9.14. The molecule has 1 saturated heterocycles. The van der Waals surface area contributed by atoms with Crippen molar-refractivity contribution in [3.63, 3.8) is 0 Å². The Kier molecular flexibility index (Phi) is 5.13. The van der Waals surface area contributed by atoms with Crippen molar-refractivity contribution in [1.82, 2.24) is 4.90 Å². The monoisotopic (exact) mass is 285 g/mol. The number of rotatable bonds is 3. The summed E-state index contributed by atoms with van der Waals surface area (Å²) >= 11 is 1.88. The van der Waals surface area contributed by atoms with Crippen molar-refractivity contribution in [2.75, 3.05) is 24.6 Å². The van der Waals surface area contributed by atoms with Gasteiger partial charge in [0.05, 0.1) is 5.41 Å². The highest BCUT2D eigenvalue weighted by molar-refractivity contribution is 7.99. The van der Waals surface area contributed by atoms with E-state index in [2.05, 4.69) is 0 Å². The maximum Gasteiger partial charge on any atom is 0.310 e. The summed E-state index contributed by atoms with van der Waals surface area (Å²) in [5.41, 5.74) is -0.783. The van der Waals surface area contributed by atoms with Gasteiger partial charge in [0.15, 0.2) is 0 Å². The molecule has 108 valence electrons. The molecule has 2 aliphatic rings. The highest BCUT2D eigenvalue weighted by Crippen LogP contribution is 2.40. The standard InChI is InChI=1S/C14H23NO3S/c16-12(15-7-4-9-19-10-8-15)11-14(13(17)18)5-2-1-3-6-14/h1-11H2,(H,17,18). The molecule has 0 aromatic carbocycles. The molecule has 0 aromatic rings. The Bertz CT molecular complexity index is 332. The molecule has 19 heavy (non-hydrogen) atoms. The number of carboxylic acid groups (broad SMARTS) is 1. The first-order valence-corrected chi connectivity index (χ1v) is 8.38. The van der Waals surface area contributed by atoms with Gasteiger partial charge >= 0.3 is 5.97 Å². The first kappa shape index (κ1) is 14.7. The van der Waals surface area contributed by atoms with Gasteiger partial charge in [0.2, 0.25) is 5.91 Å². The number of thioether (sulfide) groups is 1. The lowest BCUT2D eigenvalue weighted by Gasteiger charge is -2.34. The van der Waals surface area contributed by atoms with Crippen molar-refractivity contribution >= 4 is 23.6 Å². The summed E-state index contributed by atoms with van der Waals surface area (Å²) in [6, 6.07) is 0. The van der Waals surface area contributed by atoms with Crippen LogP contribution in [-0.2, 0) is 9.59 Å². The van der Waals surface area contributed by atoms with Crippen molar-refractivity contribution < 1.29 is 14.7 Å². The van der Waals surface area contributed by atoms with Crippen LogP contribution in [0.1, 0.15) is 44.9 Å². The molecule has 1 saturated carbocycles. The average Bonchev–Trinajstić information content (AvgIpc) is 2.68. The Morgan fingerprint density at radius 1 is 1.05 bits per heavy atom. The molecule has 1 amide bonds. The van der Waals surface area contributed by atoms with Gasteiger partial charge in [-0.15, -0.1) is 0 Å². The molecular formula is C14H23NO3S. The van der Waals surface area contributed by atoms with Crippen LogP contribution in [0.4, 0.5) is 0 Å². The smallest absolute Gasteiger partial charge is 0.310 e. The molecule has 2 rings (SSSR count). The zero-order valence-electron chi connectivity index (χ0n) is 11.4. The fraction of sp³-hybridized carbons (Fsp3) is 0.857. The fourth-order valence-corrected chi connectivity index (χ4v) is 3.98. The molecule has 0 spiro atoms. The number of aliphatic carboxylic acids is 1. The molecule has 2 fully saturated rings. The van der Waals surface area contributed by atoms with E-state index in [9.17, 15) is 14.7 Å². The van der Waals surface area contributed by atoms with Crippen LogP contribution in [0.15, 0.2) is 0 Å². The number of hydrogen-bond donors (Lipinski definition) is 1. The Morgan fingerprint density at radius 3 is 2.47 bits per heavy atom. The topological polar surface area (TPSA) is 57.6 Å². The van der Waals surface area contributed by atoms with Gasteiger partial charge in [-0.25, -0.2) is 0 Å². The average molecular weight is 285 g/mol. The highest BCUT2D eigenvalue weighted by Gasteiger charge is 2.42. The van der Waals surface area contributed by atoms with Crippen LogP contribution in [0.3, 0.4) is 0 Å². The molecule has 5 heteroatoms. The van der Waals surface area contributed by atoms with E-state index in [1.165, 1.54) is 0 Å². The number of carbonyl (C=O) groups is 2. The minimum atomic E-state index is -0.783. The first-order valence-electron chi connectivity index (χ1n) is 7.23. The Labute approximate surface area is 118 Å². The lowest BCUT2D eigenvalue weighted by atomic mass is 9.71. The van der Waals surface area contributed by atoms with Gasteiger partial charge in [0, 0.05) is 25.3 Å². The summed E-state index contributed by atoms with van der Waals surface area (Å²) in [5.74, 6) is 1.36. The third-order valence-electron chi connectivity index (χ3n) is 4.33. The zero-order valence-corrected chi connectivity index (χ0v) is 12.2. The second-order valence-electron chi connectivity index (χ2n) is 5.67. The van der Waals surface area contributed by atoms with E-state index in [1.54, 1.807) is 0 Å². The maximum absolute atomic E-state index is 12.4. The summed E-state index contributed by atoms with van der Waals surface area (Å²) in [6.45, 7) is 1.57. The van der Waals surface area contributed by atoms with Crippen molar-refractivity contribution in [2.24, 2.45) is 5.41 Å². The maximum atomic E-state index is 12.4. The summed E-state index contributed by atoms with van der Waals surface area (Å²) in [7, 11) is 0. The molecule has 0 aromatic heterocycles. The number of carboxylic acids is 1. The van der Waals surface area contributed by atoms with Crippen molar-refractivity contribution in [3.8, 4) is 0 Å². The van der Waals surface area contributed by atoms with E-state index in [0.29, 0.717) is 12.8 Å². The van der Waals surface area contributed by atoms with E-state index < -0.39 is 11.4 Å². The second kappa shape index (κ2) is 6.64. The van der Waals surface area contributed by atoms with Crippen molar-refractivity contribution in [1.29, 1.82) is 0 Å². The molecule has 1 aliphatic carbocycles. The van der Waals surface area contributed by atoms with Gasteiger partial charge in [0.25, 0.3) is 0 Å². The molecule has 1 heterocycles. The fourth-order valence-electron chi connectivity index (χ4n) is 3.09. The van der Waals surface area contributed by atoms with E-state index >= 15 is 0 Å². The summed E-state index contributed by atoms with van der Waals surface area (Å²) in [6.07, 6.45) is 5.53. The number of carbonyl (C=O) groups excluding carboxylic acids is 1. The van der Waals surface area contributed by atoms with Gasteiger partial charge in [-0.05, 0) is 25.0 Å². The molecule has 0 radical (unpaired) electrons. The Morgan fingerprint density at radius 2 is 1.79 bits per heavy atom. The lowest BCUT2D eigenvalue weighted by molar-refractivity contribution is -0.156. The Balaban J connectivity index is 1.99. The van der Waals surface area contributed by atoms with Crippen LogP contribution in [0.5, 0.6) is 0 Å². The van der Waals surface area contributed by atoms with Crippen LogP contribution in [0, 0.1) is 5.41 Å². The van der Waals surface area contributed by atoms with Crippen LogP contribution < -0.4 is 0 Å². The van der Waals surface area contributed by atoms with Gasteiger partial charge in [-0.3, -0.25) is 9.59 Å². The Hall–Kier alpha value is -0.710. The second-order valence-corrected chi connectivity index (χ2v) is 6.89. The molecule has 1 N–H and O–H groups in total.